The highest BCUT2D eigenvalue weighted by molar-refractivity contribution is 8.00. The minimum atomic E-state index is 0.725. The van der Waals surface area contributed by atoms with E-state index in [-0.39, 0.29) is 0 Å². The number of nitrogens with one attached hydrogen (secondary N) is 2. The van der Waals surface area contributed by atoms with Gasteiger partial charge in [-0.3, -0.25) is 4.99 Å². The fourth-order valence-corrected chi connectivity index (χ4v) is 3.23. The Morgan fingerprint density at radius 1 is 1.25 bits per heavy atom. The van der Waals surface area contributed by atoms with Crippen LogP contribution >= 0.6 is 11.8 Å². The van der Waals surface area contributed by atoms with E-state index in [0.717, 1.165) is 56.9 Å². The van der Waals surface area contributed by atoms with Gasteiger partial charge in [0, 0.05) is 31.6 Å². The van der Waals surface area contributed by atoms with Crippen molar-refractivity contribution in [1.29, 1.82) is 0 Å². The van der Waals surface area contributed by atoms with Gasteiger partial charge in [-0.05, 0) is 38.4 Å². The summed E-state index contributed by atoms with van der Waals surface area (Å²) >= 11 is 2.06. The number of hydrogen-bond donors (Lipinski definition) is 2. The van der Waals surface area contributed by atoms with Gasteiger partial charge in [-0.1, -0.05) is 13.3 Å². The summed E-state index contributed by atoms with van der Waals surface area (Å²) in [6.07, 6.45) is 6.07. The highest BCUT2D eigenvalue weighted by atomic mass is 32.2. The molecule has 20 heavy (non-hydrogen) atoms. The zero-order chi connectivity index (χ0) is 14.5. The smallest absolute Gasteiger partial charge is 0.191 e. The summed E-state index contributed by atoms with van der Waals surface area (Å²) in [7, 11) is 0. The molecule has 0 aromatic heterocycles. The molecule has 1 saturated heterocycles. The van der Waals surface area contributed by atoms with E-state index in [9.17, 15) is 0 Å². The number of thioether (sulfide) groups is 1. The van der Waals surface area contributed by atoms with Gasteiger partial charge in [0.2, 0.25) is 0 Å². The van der Waals surface area contributed by atoms with Crippen LogP contribution in [-0.2, 0) is 4.74 Å². The summed E-state index contributed by atoms with van der Waals surface area (Å²) in [5.41, 5.74) is 0. The SMILES string of the molecule is CCCCOCCCNC(=NCC1CCCS1)NCC. The average Bonchev–Trinajstić information content (AvgIpc) is 2.97. The first-order valence-electron chi connectivity index (χ1n) is 8.08. The maximum atomic E-state index is 5.55. The Morgan fingerprint density at radius 2 is 2.10 bits per heavy atom. The normalized spacial score (nSPS) is 19.3. The Balaban J connectivity index is 2.09. The van der Waals surface area contributed by atoms with E-state index in [1.54, 1.807) is 0 Å². The number of aliphatic imine (C=N–C) groups is 1. The van der Waals surface area contributed by atoms with Crippen LogP contribution in [-0.4, -0.2) is 49.8 Å². The van der Waals surface area contributed by atoms with Crippen LogP contribution < -0.4 is 10.6 Å². The fourth-order valence-electron chi connectivity index (χ4n) is 2.05. The topological polar surface area (TPSA) is 45.6 Å². The van der Waals surface area contributed by atoms with E-state index >= 15 is 0 Å². The molecule has 0 aliphatic carbocycles. The second kappa shape index (κ2) is 12.3. The summed E-state index contributed by atoms with van der Waals surface area (Å²) in [6.45, 7) is 8.80. The molecule has 0 spiro atoms. The van der Waals surface area contributed by atoms with Crippen molar-refractivity contribution in [3.05, 3.63) is 0 Å². The Bertz CT molecular complexity index is 256. The lowest BCUT2D eigenvalue weighted by Crippen LogP contribution is -2.38. The van der Waals surface area contributed by atoms with E-state index in [1.165, 1.54) is 25.0 Å². The van der Waals surface area contributed by atoms with Crippen molar-refractivity contribution in [3.8, 4) is 0 Å². The molecule has 0 amide bonds. The molecule has 1 atom stereocenters. The second-order valence-electron chi connectivity index (χ2n) is 5.10. The van der Waals surface area contributed by atoms with Crippen molar-refractivity contribution < 1.29 is 4.74 Å². The van der Waals surface area contributed by atoms with Gasteiger partial charge in [0.25, 0.3) is 0 Å². The van der Waals surface area contributed by atoms with Gasteiger partial charge in [0.05, 0.1) is 6.54 Å². The molecule has 0 aromatic rings. The van der Waals surface area contributed by atoms with Crippen molar-refractivity contribution in [1.82, 2.24) is 10.6 Å². The predicted molar refractivity (Wildman–Crippen MR) is 89.8 cm³/mol. The van der Waals surface area contributed by atoms with E-state index in [0.29, 0.717) is 0 Å². The highest BCUT2D eigenvalue weighted by Crippen LogP contribution is 2.25. The van der Waals surface area contributed by atoms with Crippen molar-refractivity contribution in [2.24, 2.45) is 4.99 Å². The van der Waals surface area contributed by atoms with Crippen LogP contribution in [0, 0.1) is 0 Å². The molecule has 0 saturated carbocycles. The van der Waals surface area contributed by atoms with Crippen molar-refractivity contribution >= 4 is 17.7 Å². The van der Waals surface area contributed by atoms with Crippen LogP contribution in [0.25, 0.3) is 0 Å². The van der Waals surface area contributed by atoms with E-state index in [2.05, 4.69) is 41.2 Å². The standard InChI is InChI=1S/C15H31N3OS/c1-3-5-10-19-11-7-9-17-15(16-4-2)18-13-14-8-6-12-20-14/h14H,3-13H2,1-2H3,(H2,16,17,18). The largest absolute Gasteiger partial charge is 0.381 e. The van der Waals surface area contributed by atoms with Crippen molar-refractivity contribution in [3.63, 3.8) is 0 Å². The summed E-state index contributed by atoms with van der Waals surface area (Å²) < 4.78 is 5.55. The molecule has 4 nitrogen and oxygen atoms in total. The minimum Gasteiger partial charge on any atom is -0.381 e. The number of ether oxygens (including phenoxy) is 1. The zero-order valence-corrected chi connectivity index (χ0v) is 13.9. The molecular formula is C15H31N3OS. The molecular weight excluding hydrogens is 270 g/mol. The number of nitrogens with zero attached hydrogens (tertiary/aromatic N) is 1. The van der Waals surface area contributed by atoms with Gasteiger partial charge in [-0.25, -0.2) is 0 Å². The van der Waals surface area contributed by atoms with Crippen LogP contribution in [0.3, 0.4) is 0 Å². The van der Waals surface area contributed by atoms with Crippen LogP contribution in [0.5, 0.6) is 0 Å². The first-order valence-corrected chi connectivity index (χ1v) is 9.13. The highest BCUT2D eigenvalue weighted by Gasteiger charge is 2.14. The lowest BCUT2D eigenvalue weighted by Gasteiger charge is -2.12. The van der Waals surface area contributed by atoms with Crippen molar-refractivity contribution in [2.45, 2.75) is 51.2 Å². The third-order valence-corrected chi connectivity index (χ3v) is 4.60. The Labute approximate surface area is 128 Å². The summed E-state index contributed by atoms with van der Waals surface area (Å²) in [4.78, 5) is 4.68. The molecule has 1 aliphatic heterocycles. The van der Waals surface area contributed by atoms with Crippen LogP contribution in [0.15, 0.2) is 4.99 Å². The van der Waals surface area contributed by atoms with Crippen LogP contribution in [0.2, 0.25) is 0 Å². The van der Waals surface area contributed by atoms with E-state index in [1.807, 2.05) is 0 Å². The summed E-state index contributed by atoms with van der Waals surface area (Å²) in [5.74, 6) is 2.26. The molecule has 0 aromatic carbocycles. The van der Waals surface area contributed by atoms with Gasteiger partial charge in [-0.15, -0.1) is 0 Å². The molecule has 1 rings (SSSR count). The quantitative estimate of drug-likeness (QED) is 0.370. The Kier molecular flexibility index (Phi) is 10.9. The third kappa shape index (κ3) is 8.69. The molecule has 118 valence electrons. The van der Waals surface area contributed by atoms with Gasteiger partial charge in [0.1, 0.15) is 0 Å². The third-order valence-electron chi connectivity index (χ3n) is 3.22. The van der Waals surface area contributed by atoms with Gasteiger partial charge >= 0.3 is 0 Å². The number of unbranched alkanes of at least 4 members (excludes halogenated alkanes) is 1. The van der Waals surface area contributed by atoms with Crippen molar-refractivity contribution in [2.75, 3.05) is 38.6 Å². The molecule has 0 radical (unpaired) electrons. The van der Waals surface area contributed by atoms with Gasteiger partial charge < -0.3 is 15.4 Å². The molecule has 5 heteroatoms. The van der Waals surface area contributed by atoms with Crippen LogP contribution in [0.1, 0.15) is 46.0 Å². The van der Waals surface area contributed by atoms with E-state index < -0.39 is 0 Å². The summed E-state index contributed by atoms with van der Waals surface area (Å²) in [6, 6.07) is 0. The molecule has 0 bridgehead atoms. The Morgan fingerprint density at radius 3 is 2.80 bits per heavy atom. The lowest BCUT2D eigenvalue weighted by atomic mass is 10.2. The zero-order valence-electron chi connectivity index (χ0n) is 13.1. The fraction of sp³-hybridized carbons (Fsp3) is 0.933. The van der Waals surface area contributed by atoms with E-state index in [4.69, 9.17) is 4.74 Å². The molecule has 2 N–H and O–H groups in total. The second-order valence-corrected chi connectivity index (χ2v) is 6.51. The molecule has 1 fully saturated rings. The molecule has 1 heterocycles. The lowest BCUT2D eigenvalue weighted by molar-refractivity contribution is 0.129. The number of hydrogen-bond acceptors (Lipinski definition) is 3. The molecule has 1 unspecified atom stereocenters. The van der Waals surface area contributed by atoms with Gasteiger partial charge in [0.15, 0.2) is 5.96 Å². The number of guanidine groups is 1. The van der Waals surface area contributed by atoms with Crippen LogP contribution in [0.4, 0.5) is 0 Å². The predicted octanol–water partition coefficient (Wildman–Crippen LogP) is 2.64. The monoisotopic (exact) mass is 301 g/mol. The maximum Gasteiger partial charge on any atom is 0.191 e. The molecule has 1 aliphatic rings. The number of rotatable bonds is 10. The maximum absolute atomic E-state index is 5.55. The van der Waals surface area contributed by atoms with Gasteiger partial charge in [-0.2, -0.15) is 11.8 Å². The summed E-state index contributed by atoms with van der Waals surface area (Å²) in [5, 5.41) is 7.42. The first kappa shape index (κ1) is 17.6. The minimum absolute atomic E-state index is 0.725. The first-order chi connectivity index (χ1) is 9.86. The Hall–Kier alpha value is -0.420. The average molecular weight is 302 g/mol.